The van der Waals surface area contributed by atoms with E-state index in [9.17, 15) is 4.79 Å². The number of nitrogens with zero attached hydrogens (tertiary/aromatic N) is 3. The normalized spacial score (nSPS) is 10.4. The SMILES string of the molecule is CCN(c1ccc(C)cc1)c1nc(C)nc(Cl)c1C=O. The molecule has 0 radical (unpaired) electrons. The average molecular weight is 290 g/mol. The number of carbonyl (C=O) groups excluding carboxylic acids is 1. The molecule has 2 aromatic rings. The molecule has 0 saturated carbocycles. The molecule has 1 aromatic carbocycles. The minimum Gasteiger partial charge on any atom is -0.326 e. The minimum absolute atomic E-state index is 0.188. The fourth-order valence-corrected chi connectivity index (χ4v) is 2.27. The van der Waals surface area contributed by atoms with Crippen LogP contribution in [-0.2, 0) is 0 Å². The molecule has 0 spiro atoms. The number of aldehydes is 1. The summed E-state index contributed by atoms with van der Waals surface area (Å²) in [6.07, 6.45) is 0.702. The van der Waals surface area contributed by atoms with Gasteiger partial charge in [0.1, 0.15) is 16.8 Å². The van der Waals surface area contributed by atoms with Crippen LogP contribution in [0.1, 0.15) is 28.7 Å². The van der Waals surface area contributed by atoms with E-state index in [4.69, 9.17) is 11.6 Å². The number of hydrogen-bond acceptors (Lipinski definition) is 4. The summed E-state index contributed by atoms with van der Waals surface area (Å²) in [5.41, 5.74) is 2.47. The molecule has 0 aliphatic heterocycles. The lowest BCUT2D eigenvalue weighted by Crippen LogP contribution is -2.20. The number of halogens is 1. The van der Waals surface area contributed by atoms with Crippen LogP contribution in [0.15, 0.2) is 24.3 Å². The number of hydrogen-bond donors (Lipinski definition) is 0. The number of aromatic nitrogens is 2. The maximum Gasteiger partial charge on any atom is 0.156 e. The first-order valence-corrected chi connectivity index (χ1v) is 6.78. The molecular weight excluding hydrogens is 274 g/mol. The first kappa shape index (κ1) is 14.5. The van der Waals surface area contributed by atoms with Crippen molar-refractivity contribution in [2.45, 2.75) is 20.8 Å². The van der Waals surface area contributed by atoms with Crippen molar-refractivity contribution in [1.29, 1.82) is 0 Å². The largest absolute Gasteiger partial charge is 0.326 e. The molecule has 0 saturated heterocycles. The van der Waals surface area contributed by atoms with Crippen molar-refractivity contribution in [2.75, 3.05) is 11.4 Å². The number of benzene rings is 1. The van der Waals surface area contributed by atoms with Crippen molar-refractivity contribution < 1.29 is 4.79 Å². The van der Waals surface area contributed by atoms with E-state index in [0.717, 1.165) is 5.69 Å². The molecule has 0 aliphatic carbocycles. The summed E-state index contributed by atoms with van der Waals surface area (Å²) >= 11 is 6.04. The van der Waals surface area contributed by atoms with E-state index >= 15 is 0 Å². The van der Waals surface area contributed by atoms with Crippen LogP contribution in [0.25, 0.3) is 0 Å². The highest BCUT2D eigenvalue weighted by Gasteiger charge is 2.17. The summed E-state index contributed by atoms with van der Waals surface area (Å²) in [6.45, 7) is 6.46. The fraction of sp³-hybridized carbons (Fsp3) is 0.267. The first-order valence-electron chi connectivity index (χ1n) is 6.40. The van der Waals surface area contributed by atoms with Crippen LogP contribution in [0.2, 0.25) is 5.15 Å². The van der Waals surface area contributed by atoms with Crippen LogP contribution in [-0.4, -0.2) is 22.8 Å². The minimum atomic E-state index is 0.188. The maximum atomic E-state index is 11.3. The molecule has 2 rings (SSSR count). The Morgan fingerprint density at radius 2 is 1.85 bits per heavy atom. The Morgan fingerprint density at radius 3 is 2.40 bits per heavy atom. The van der Waals surface area contributed by atoms with E-state index in [1.165, 1.54) is 5.56 Å². The summed E-state index contributed by atoms with van der Waals surface area (Å²) < 4.78 is 0. The van der Waals surface area contributed by atoms with E-state index in [2.05, 4.69) is 9.97 Å². The topological polar surface area (TPSA) is 46.1 Å². The predicted molar refractivity (Wildman–Crippen MR) is 81.0 cm³/mol. The van der Waals surface area contributed by atoms with E-state index in [-0.39, 0.29) is 5.15 Å². The molecule has 1 heterocycles. The van der Waals surface area contributed by atoms with Crippen LogP contribution in [0.4, 0.5) is 11.5 Å². The van der Waals surface area contributed by atoms with Crippen molar-refractivity contribution in [3.8, 4) is 0 Å². The summed E-state index contributed by atoms with van der Waals surface area (Å²) in [6, 6.07) is 8.04. The lowest BCUT2D eigenvalue weighted by atomic mass is 10.2. The van der Waals surface area contributed by atoms with E-state index in [0.29, 0.717) is 30.0 Å². The number of carbonyl (C=O) groups is 1. The third-order valence-electron chi connectivity index (χ3n) is 3.03. The smallest absolute Gasteiger partial charge is 0.156 e. The predicted octanol–water partition coefficient (Wildman–Crippen LogP) is 3.72. The molecule has 0 bridgehead atoms. The molecule has 0 amide bonds. The Morgan fingerprint density at radius 1 is 1.20 bits per heavy atom. The number of aryl methyl sites for hydroxylation is 2. The van der Waals surface area contributed by atoms with E-state index in [1.54, 1.807) is 6.92 Å². The summed E-state index contributed by atoms with van der Waals surface area (Å²) in [4.78, 5) is 21.6. The molecule has 20 heavy (non-hydrogen) atoms. The first-order chi connectivity index (χ1) is 9.56. The molecular formula is C15H16ClN3O. The standard InChI is InChI=1S/C15H16ClN3O/c1-4-19(12-7-5-10(2)6-8-12)15-13(9-20)14(16)17-11(3)18-15/h5-9H,4H2,1-3H3. The Labute approximate surface area is 123 Å². The highest BCUT2D eigenvalue weighted by Crippen LogP contribution is 2.29. The molecule has 0 N–H and O–H groups in total. The highest BCUT2D eigenvalue weighted by molar-refractivity contribution is 6.32. The third kappa shape index (κ3) is 2.80. The molecule has 5 heteroatoms. The zero-order chi connectivity index (χ0) is 14.7. The van der Waals surface area contributed by atoms with Gasteiger partial charge in [0, 0.05) is 12.2 Å². The lowest BCUT2D eigenvalue weighted by molar-refractivity contribution is 0.112. The second-order valence-electron chi connectivity index (χ2n) is 4.50. The van der Waals surface area contributed by atoms with Gasteiger partial charge in [0.05, 0.1) is 5.56 Å². The van der Waals surface area contributed by atoms with Crippen molar-refractivity contribution in [2.24, 2.45) is 0 Å². The van der Waals surface area contributed by atoms with E-state index in [1.807, 2.05) is 43.0 Å². The average Bonchev–Trinajstić information content (AvgIpc) is 2.41. The molecule has 0 fully saturated rings. The summed E-state index contributed by atoms with van der Waals surface area (Å²) in [7, 11) is 0. The zero-order valence-electron chi connectivity index (χ0n) is 11.7. The van der Waals surface area contributed by atoms with Gasteiger partial charge in [-0.25, -0.2) is 9.97 Å². The second kappa shape index (κ2) is 6.01. The van der Waals surface area contributed by atoms with E-state index < -0.39 is 0 Å². The van der Waals surface area contributed by atoms with Gasteiger partial charge in [-0.05, 0) is 32.9 Å². The van der Waals surface area contributed by atoms with Gasteiger partial charge >= 0.3 is 0 Å². The van der Waals surface area contributed by atoms with Crippen molar-refractivity contribution in [3.63, 3.8) is 0 Å². The quantitative estimate of drug-likeness (QED) is 0.636. The Balaban J connectivity index is 2.57. The Kier molecular flexibility index (Phi) is 4.35. The van der Waals surface area contributed by atoms with Gasteiger partial charge in [-0.3, -0.25) is 4.79 Å². The molecule has 0 atom stereocenters. The number of anilines is 2. The van der Waals surface area contributed by atoms with Gasteiger partial charge in [0.2, 0.25) is 0 Å². The molecule has 4 nitrogen and oxygen atoms in total. The van der Waals surface area contributed by atoms with Gasteiger partial charge in [-0.15, -0.1) is 0 Å². The maximum absolute atomic E-state index is 11.3. The van der Waals surface area contributed by atoms with Gasteiger partial charge < -0.3 is 4.90 Å². The zero-order valence-corrected chi connectivity index (χ0v) is 12.5. The highest BCUT2D eigenvalue weighted by atomic mass is 35.5. The van der Waals surface area contributed by atoms with Crippen LogP contribution in [0.5, 0.6) is 0 Å². The van der Waals surface area contributed by atoms with Crippen molar-refractivity contribution in [3.05, 3.63) is 46.4 Å². The monoisotopic (exact) mass is 289 g/mol. The van der Waals surface area contributed by atoms with Crippen molar-refractivity contribution in [1.82, 2.24) is 9.97 Å². The Hall–Kier alpha value is -1.94. The van der Waals surface area contributed by atoms with Gasteiger partial charge in [-0.2, -0.15) is 0 Å². The molecule has 0 aliphatic rings. The Bertz CT molecular complexity index is 626. The fourth-order valence-electron chi connectivity index (χ4n) is 2.02. The van der Waals surface area contributed by atoms with Gasteiger partial charge in [0.15, 0.2) is 6.29 Å². The van der Waals surface area contributed by atoms with Crippen molar-refractivity contribution >= 4 is 29.4 Å². The summed E-state index contributed by atoms with van der Waals surface area (Å²) in [5.74, 6) is 1.09. The lowest BCUT2D eigenvalue weighted by Gasteiger charge is -2.24. The molecule has 1 aromatic heterocycles. The van der Waals surface area contributed by atoms with Crippen LogP contribution >= 0.6 is 11.6 Å². The van der Waals surface area contributed by atoms with Crippen LogP contribution in [0.3, 0.4) is 0 Å². The molecule has 104 valence electrons. The second-order valence-corrected chi connectivity index (χ2v) is 4.85. The van der Waals surface area contributed by atoms with Gasteiger partial charge in [-0.1, -0.05) is 29.3 Å². The molecule has 0 unspecified atom stereocenters. The van der Waals surface area contributed by atoms with Crippen LogP contribution < -0.4 is 4.90 Å². The van der Waals surface area contributed by atoms with Crippen LogP contribution in [0, 0.1) is 13.8 Å². The third-order valence-corrected chi connectivity index (χ3v) is 3.31. The summed E-state index contributed by atoms with van der Waals surface area (Å²) in [5, 5.41) is 0.188. The van der Waals surface area contributed by atoms with Gasteiger partial charge in [0.25, 0.3) is 0 Å². The number of rotatable bonds is 4.